The van der Waals surface area contributed by atoms with Gasteiger partial charge in [0.2, 0.25) is 0 Å². The number of hydrogen-bond donors (Lipinski definition) is 0. The van der Waals surface area contributed by atoms with Crippen LogP contribution in [0.3, 0.4) is 0 Å². The van der Waals surface area contributed by atoms with E-state index >= 15 is 0 Å². The molecule has 18 heavy (non-hydrogen) atoms. The van der Waals surface area contributed by atoms with Crippen LogP contribution in [-0.2, 0) is 0 Å². The van der Waals surface area contributed by atoms with Gasteiger partial charge in [0.1, 0.15) is 17.4 Å². The Kier molecular flexibility index (Phi) is 3.69. The van der Waals surface area contributed by atoms with Crippen LogP contribution >= 0.6 is 11.8 Å². The van der Waals surface area contributed by atoms with Crippen molar-refractivity contribution in [3.63, 3.8) is 0 Å². The van der Waals surface area contributed by atoms with Crippen molar-refractivity contribution in [1.82, 2.24) is 0 Å². The standard InChI is InChI=1S/C15H12FNS/c1-10-6-11(2)8-12(7-10)18-15-5-3-4-14(16)13(15)9-17/h3-8H,1-2H3. The predicted molar refractivity (Wildman–Crippen MR) is 71.2 cm³/mol. The first kappa shape index (κ1) is 12.7. The fourth-order valence-corrected chi connectivity index (χ4v) is 2.95. The zero-order valence-corrected chi connectivity index (χ0v) is 11.0. The molecule has 0 heterocycles. The largest absolute Gasteiger partial charge is 0.206 e. The van der Waals surface area contributed by atoms with Crippen LogP contribution in [0.15, 0.2) is 46.2 Å². The Bertz CT molecular complexity index is 609. The van der Waals surface area contributed by atoms with Crippen LogP contribution in [0, 0.1) is 31.0 Å². The van der Waals surface area contributed by atoms with Gasteiger partial charge in [-0.3, -0.25) is 0 Å². The van der Waals surface area contributed by atoms with Crippen LogP contribution in [0.1, 0.15) is 16.7 Å². The van der Waals surface area contributed by atoms with Crippen LogP contribution in [-0.4, -0.2) is 0 Å². The molecule has 0 N–H and O–H groups in total. The minimum atomic E-state index is -0.466. The summed E-state index contributed by atoms with van der Waals surface area (Å²) in [4.78, 5) is 1.68. The average Bonchev–Trinajstić information content (AvgIpc) is 2.27. The minimum absolute atomic E-state index is 0.113. The number of benzene rings is 2. The number of aryl methyl sites for hydroxylation is 2. The second-order valence-electron chi connectivity index (χ2n) is 4.15. The number of nitriles is 1. The Morgan fingerprint density at radius 1 is 1.11 bits per heavy atom. The first-order valence-electron chi connectivity index (χ1n) is 5.55. The Hall–Kier alpha value is -1.79. The van der Waals surface area contributed by atoms with E-state index in [4.69, 9.17) is 5.26 Å². The molecule has 1 nitrogen and oxygen atoms in total. The Balaban J connectivity index is 2.40. The molecule has 2 rings (SSSR count). The molecule has 0 atom stereocenters. The Labute approximate surface area is 110 Å². The average molecular weight is 257 g/mol. The summed E-state index contributed by atoms with van der Waals surface area (Å²) < 4.78 is 13.5. The van der Waals surface area contributed by atoms with Gasteiger partial charge < -0.3 is 0 Å². The summed E-state index contributed by atoms with van der Waals surface area (Å²) >= 11 is 1.42. The smallest absolute Gasteiger partial charge is 0.142 e. The molecule has 0 fully saturated rings. The molecule has 0 saturated carbocycles. The third kappa shape index (κ3) is 2.72. The molecule has 2 aromatic rings. The highest BCUT2D eigenvalue weighted by Gasteiger charge is 2.09. The summed E-state index contributed by atoms with van der Waals surface area (Å²) in [5, 5.41) is 8.98. The zero-order valence-electron chi connectivity index (χ0n) is 10.2. The van der Waals surface area contributed by atoms with Gasteiger partial charge in [0.15, 0.2) is 0 Å². The van der Waals surface area contributed by atoms with Crippen molar-refractivity contribution in [1.29, 1.82) is 5.26 Å². The maximum absolute atomic E-state index is 13.5. The lowest BCUT2D eigenvalue weighted by molar-refractivity contribution is 0.620. The van der Waals surface area contributed by atoms with Crippen molar-refractivity contribution < 1.29 is 4.39 Å². The van der Waals surface area contributed by atoms with E-state index in [-0.39, 0.29) is 5.56 Å². The molecule has 3 heteroatoms. The molecule has 0 unspecified atom stereocenters. The normalized spacial score (nSPS) is 10.1. The van der Waals surface area contributed by atoms with Crippen molar-refractivity contribution in [3.05, 3.63) is 58.9 Å². The molecule has 0 aliphatic heterocycles. The summed E-state index contributed by atoms with van der Waals surface area (Å²) in [7, 11) is 0. The van der Waals surface area contributed by atoms with Crippen LogP contribution < -0.4 is 0 Å². The molecule has 2 aromatic carbocycles. The third-order valence-corrected chi connectivity index (χ3v) is 3.54. The van der Waals surface area contributed by atoms with Gasteiger partial charge in [-0.05, 0) is 49.2 Å². The van der Waals surface area contributed by atoms with Crippen LogP contribution in [0.4, 0.5) is 4.39 Å². The molecule has 0 aliphatic rings. The fraction of sp³-hybridized carbons (Fsp3) is 0.133. The quantitative estimate of drug-likeness (QED) is 0.792. The molecule has 0 spiro atoms. The van der Waals surface area contributed by atoms with Gasteiger partial charge in [-0.25, -0.2) is 4.39 Å². The fourth-order valence-electron chi connectivity index (χ4n) is 1.82. The topological polar surface area (TPSA) is 23.8 Å². The van der Waals surface area contributed by atoms with Crippen LogP contribution in [0.5, 0.6) is 0 Å². The number of halogens is 1. The second-order valence-corrected chi connectivity index (χ2v) is 5.27. The van der Waals surface area contributed by atoms with E-state index in [9.17, 15) is 4.39 Å². The molecule has 0 aliphatic carbocycles. The third-order valence-electron chi connectivity index (χ3n) is 2.51. The van der Waals surface area contributed by atoms with Gasteiger partial charge >= 0.3 is 0 Å². The Morgan fingerprint density at radius 2 is 1.78 bits per heavy atom. The second kappa shape index (κ2) is 5.24. The van der Waals surface area contributed by atoms with E-state index in [1.165, 1.54) is 17.8 Å². The van der Waals surface area contributed by atoms with Gasteiger partial charge in [0, 0.05) is 9.79 Å². The van der Waals surface area contributed by atoms with E-state index in [1.54, 1.807) is 12.1 Å². The van der Waals surface area contributed by atoms with Crippen molar-refractivity contribution >= 4 is 11.8 Å². The first-order valence-corrected chi connectivity index (χ1v) is 6.36. The zero-order chi connectivity index (χ0) is 13.1. The molecule has 0 saturated heterocycles. The van der Waals surface area contributed by atoms with Crippen molar-refractivity contribution in [2.24, 2.45) is 0 Å². The van der Waals surface area contributed by atoms with E-state index in [0.717, 1.165) is 16.0 Å². The van der Waals surface area contributed by atoms with Gasteiger partial charge in [-0.2, -0.15) is 5.26 Å². The van der Waals surface area contributed by atoms with Gasteiger partial charge in [0.05, 0.1) is 0 Å². The molecule has 0 radical (unpaired) electrons. The Morgan fingerprint density at radius 3 is 2.39 bits per heavy atom. The van der Waals surface area contributed by atoms with Crippen molar-refractivity contribution in [2.75, 3.05) is 0 Å². The van der Waals surface area contributed by atoms with E-state index in [2.05, 4.69) is 6.07 Å². The van der Waals surface area contributed by atoms with Crippen molar-refractivity contribution in [2.45, 2.75) is 23.6 Å². The molecular weight excluding hydrogens is 245 g/mol. The summed E-state index contributed by atoms with van der Waals surface area (Å²) in [5.41, 5.74) is 2.43. The number of hydrogen-bond acceptors (Lipinski definition) is 2. The van der Waals surface area contributed by atoms with E-state index in [1.807, 2.05) is 32.0 Å². The van der Waals surface area contributed by atoms with Crippen LogP contribution in [0.2, 0.25) is 0 Å². The lowest BCUT2D eigenvalue weighted by Crippen LogP contribution is -1.87. The number of nitrogens with zero attached hydrogens (tertiary/aromatic N) is 1. The SMILES string of the molecule is Cc1cc(C)cc(Sc2cccc(F)c2C#N)c1. The number of rotatable bonds is 2. The van der Waals surface area contributed by atoms with E-state index < -0.39 is 5.82 Å². The van der Waals surface area contributed by atoms with Gasteiger partial charge in [-0.15, -0.1) is 0 Å². The minimum Gasteiger partial charge on any atom is -0.206 e. The van der Waals surface area contributed by atoms with Crippen LogP contribution in [0.25, 0.3) is 0 Å². The summed E-state index contributed by atoms with van der Waals surface area (Å²) in [6.07, 6.45) is 0. The monoisotopic (exact) mass is 257 g/mol. The van der Waals surface area contributed by atoms with E-state index in [0.29, 0.717) is 4.90 Å². The summed E-state index contributed by atoms with van der Waals surface area (Å²) in [5.74, 6) is -0.466. The molecule has 0 amide bonds. The molecule has 0 bridgehead atoms. The lowest BCUT2D eigenvalue weighted by Gasteiger charge is -2.06. The molecule has 90 valence electrons. The summed E-state index contributed by atoms with van der Waals surface area (Å²) in [6.45, 7) is 4.04. The lowest BCUT2D eigenvalue weighted by atomic mass is 10.2. The first-order chi connectivity index (χ1) is 8.60. The summed E-state index contributed by atoms with van der Waals surface area (Å²) in [6, 6.07) is 12.8. The highest BCUT2D eigenvalue weighted by Crippen LogP contribution is 2.32. The van der Waals surface area contributed by atoms with Crippen molar-refractivity contribution in [3.8, 4) is 6.07 Å². The maximum Gasteiger partial charge on any atom is 0.142 e. The maximum atomic E-state index is 13.5. The van der Waals surface area contributed by atoms with Gasteiger partial charge in [-0.1, -0.05) is 23.9 Å². The highest BCUT2D eigenvalue weighted by molar-refractivity contribution is 7.99. The van der Waals surface area contributed by atoms with Gasteiger partial charge in [0.25, 0.3) is 0 Å². The predicted octanol–water partition coefficient (Wildman–Crippen LogP) is 4.47. The molecule has 0 aromatic heterocycles. The molecular formula is C15H12FNS. The highest BCUT2D eigenvalue weighted by atomic mass is 32.2.